The van der Waals surface area contributed by atoms with Crippen molar-refractivity contribution < 1.29 is 14.7 Å². The fourth-order valence-electron chi connectivity index (χ4n) is 2.92. The Kier molecular flexibility index (Phi) is 6.32. The highest BCUT2D eigenvalue weighted by molar-refractivity contribution is 6.36. The van der Waals surface area contributed by atoms with Crippen molar-refractivity contribution in [2.24, 2.45) is 4.99 Å². The van der Waals surface area contributed by atoms with Crippen molar-refractivity contribution in [1.29, 1.82) is 0 Å². The minimum absolute atomic E-state index is 0.000799. The fourth-order valence-corrected chi connectivity index (χ4v) is 3.43. The lowest BCUT2D eigenvalue weighted by Gasteiger charge is -2.24. The molecular formula is C19H21Cl2N2O2+. The molecule has 0 saturated carbocycles. The van der Waals surface area contributed by atoms with Gasteiger partial charge in [-0.3, -0.25) is 4.99 Å². The van der Waals surface area contributed by atoms with Crippen LogP contribution in [0.2, 0.25) is 10.0 Å². The molecule has 2 N–H and O–H groups in total. The number of aliphatic imine (C=N–C) groups is 1. The summed E-state index contributed by atoms with van der Waals surface area (Å²) in [6, 6.07) is 11.5. The summed E-state index contributed by atoms with van der Waals surface area (Å²) in [5, 5.41) is 10.7. The van der Waals surface area contributed by atoms with Crippen LogP contribution in [0.25, 0.3) is 0 Å². The van der Waals surface area contributed by atoms with Gasteiger partial charge in [-0.05, 0) is 17.7 Å². The zero-order valence-corrected chi connectivity index (χ0v) is 15.4. The van der Waals surface area contributed by atoms with E-state index in [-0.39, 0.29) is 10.8 Å². The van der Waals surface area contributed by atoms with Gasteiger partial charge in [0.05, 0.1) is 24.8 Å². The first-order valence-corrected chi connectivity index (χ1v) is 9.05. The third-order valence-corrected chi connectivity index (χ3v) is 4.81. The van der Waals surface area contributed by atoms with Crippen LogP contribution in [-0.2, 0) is 17.8 Å². The lowest BCUT2D eigenvalue weighted by Crippen LogP contribution is -3.12. The molecule has 6 heteroatoms. The summed E-state index contributed by atoms with van der Waals surface area (Å²) in [6.45, 7) is 5.24. The van der Waals surface area contributed by atoms with Gasteiger partial charge in [-0.15, -0.1) is 0 Å². The maximum absolute atomic E-state index is 9.99. The van der Waals surface area contributed by atoms with Crippen LogP contribution in [0, 0.1) is 0 Å². The maximum atomic E-state index is 9.99. The Morgan fingerprint density at radius 3 is 2.60 bits per heavy atom. The third-order valence-electron chi connectivity index (χ3n) is 4.31. The second kappa shape index (κ2) is 8.68. The van der Waals surface area contributed by atoms with Crippen LogP contribution in [0.1, 0.15) is 16.7 Å². The Morgan fingerprint density at radius 1 is 1.12 bits per heavy atom. The molecule has 1 heterocycles. The van der Waals surface area contributed by atoms with E-state index in [1.807, 2.05) is 6.07 Å². The normalized spacial score (nSPS) is 15.8. The molecule has 1 saturated heterocycles. The Morgan fingerprint density at radius 2 is 1.84 bits per heavy atom. The van der Waals surface area contributed by atoms with E-state index in [0.717, 1.165) is 32.8 Å². The predicted octanol–water partition coefficient (Wildman–Crippen LogP) is 2.73. The summed E-state index contributed by atoms with van der Waals surface area (Å²) in [5.74, 6) is 0.000799. The molecule has 0 spiro atoms. The van der Waals surface area contributed by atoms with Gasteiger partial charge in [0.2, 0.25) is 0 Å². The van der Waals surface area contributed by atoms with Crippen LogP contribution in [-0.4, -0.2) is 37.6 Å². The van der Waals surface area contributed by atoms with Crippen LogP contribution in [0.4, 0.5) is 0 Å². The SMILES string of the molecule is Oc1c(Cl)cc(Cl)cc1C=NCc1ccccc1C[NH+]1CCOCC1. The number of benzene rings is 2. The monoisotopic (exact) mass is 379 g/mol. The molecule has 2 aromatic carbocycles. The second-order valence-corrected chi connectivity index (χ2v) is 6.95. The number of hydrogen-bond donors (Lipinski definition) is 2. The Balaban J connectivity index is 1.71. The second-order valence-electron chi connectivity index (χ2n) is 6.10. The van der Waals surface area contributed by atoms with Crippen LogP contribution in [0.3, 0.4) is 0 Å². The predicted molar refractivity (Wildman–Crippen MR) is 101 cm³/mol. The van der Waals surface area contributed by atoms with E-state index >= 15 is 0 Å². The zero-order chi connectivity index (χ0) is 17.6. The smallest absolute Gasteiger partial charge is 0.143 e. The molecule has 25 heavy (non-hydrogen) atoms. The molecule has 0 aliphatic carbocycles. The molecule has 132 valence electrons. The van der Waals surface area contributed by atoms with Gasteiger partial charge in [0, 0.05) is 22.4 Å². The summed E-state index contributed by atoms with van der Waals surface area (Å²) < 4.78 is 5.42. The summed E-state index contributed by atoms with van der Waals surface area (Å²) in [5.41, 5.74) is 3.00. The Labute approximate surface area is 157 Å². The minimum Gasteiger partial charge on any atom is -0.506 e. The van der Waals surface area contributed by atoms with Gasteiger partial charge >= 0.3 is 0 Å². The molecule has 0 atom stereocenters. The average Bonchev–Trinajstić information content (AvgIpc) is 2.61. The largest absolute Gasteiger partial charge is 0.506 e. The molecular weight excluding hydrogens is 359 g/mol. The van der Waals surface area contributed by atoms with Crippen LogP contribution in [0.15, 0.2) is 41.4 Å². The molecule has 1 aliphatic heterocycles. The van der Waals surface area contributed by atoms with Crippen molar-refractivity contribution in [2.75, 3.05) is 26.3 Å². The summed E-state index contributed by atoms with van der Waals surface area (Å²) in [6.07, 6.45) is 1.62. The first-order valence-electron chi connectivity index (χ1n) is 8.29. The van der Waals surface area contributed by atoms with E-state index in [4.69, 9.17) is 27.9 Å². The average molecular weight is 380 g/mol. The van der Waals surface area contributed by atoms with E-state index in [1.54, 1.807) is 12.3 Å². The molecule has 2 aromatic rings. The number of aromatic hydroxyl groups is 1. The van der Waals surface area contributed by atoms with Crippen LogP contribution < -0.4 is 4.90 Å². The number of ether oxygens (including phenoxy) is 1. The summed E-state index contributed by atoms with van der Waals surface area (Å²) >= 11 is 11.9. The van der Waals surface area contributed by atoms with Crippen molar-refractivity contribution in [3.05, 3.63) is 63.1 Å². The highest BCUT2D eigenvalue weighted by Crippen LogP contribution is 2.30. The Hall–Kier alpha value is -1.59. The number of nitrogens with zero attached hydrogens (tertiary/aromatic N) is 1. The highest BCUT2D eigenvalue weighted by atomic mass is 35.5. The molecule has 0 bridgehead atoms. The number of rotatable bonds is 5. The lowest BCUT2D eigenvalue weighted by molar-refractivity contribution is -0.921. The number of phenolic OH excluding ortho intramolecular Hbond substituents is 1. The number of halogens is 2. The third kappa shape index (κ3) is 4.95. The van der Waals surface area contributed by atoms with Crippen molar-refractivity contribution in [3.8, 4) is 5.75 Å². The number of nitrogens with one attached hydrogen (secondary N) is 1. The molecule has 0 unspecified atom stereocenters. The molecule has 0 amide bonds. The number of phenols is 1. The van der Waals surface area contributed by atoms with Crippen molar-refractivity contribution >= 4 is 29.4 Å². The minimum atomic E-state index is 0.000799. The quantitative estimate of drug-likeness (QED) is 0.784. The van der Waals surface area contributed by atoms with Gasteiger partial charge < -0.3 is 14.7 Å². The Bertz CT molecular complexity index is 759. The highest BCUT2D eigenvalue weighted by Gasteiger charge is 2.15. The van der Waals surface area contributed by atoms with Gasteiger partial charge in [0.25, 0.3) is 0 Å². The van der Waals surface area contributed by atoms with Crippen LogP contribution >= 0.6 is 23.2 Å². The van der Waals surface area contributed by atoms with Crippen molar-refractivity contribution in [1.82, 2.24) is 0 Å². The summed E-state index contributed by atoms with van der Waals surface area (Å²) in [7, 11) is 0. The fraction of sp³-hybridized carbons (Fsp3) is 0.316. The number of hydrogen-bond acceptors (Lipinski definition) is 3. The van der Waals surface area contributed by atoms with Crippen LogP contribution in [0.5, 0.6) is 5.75 Å². The van der Waals surface area contributed by atoms with E-state index in [2.05, 4.69) is 23.2 Å². The van der Waals surface area contributed by atoms with E-state index < -0.39 is 0 Å². The molecule has 1 aliphatic rings. The standard InChI is InChI=1S/C19H20Cl2N2O2/c20-17-9-16(19(24)18(21)10-17)12-22-11-14-3-1-2-4-15(14)13-23-5-7-25-8-6-23/h1-4,9-10,12,24H,5-8,11,13H2/p+1. The number of morpholine rings is 1. The number of quaternary nitrogens is 1. The molecule has 0 radical (unpaired) electrons. The molecule has 4 nitrogen and oxygen atoms in total. The van der Waals surface area contributed by atoms with Gasteiger partial charge in [-0.25, -0.2) is 0 Å². The molecule has 3 rings (SSSR count). The van der Waals surface area contributed by atoms with E-state index in [0.29, 0.717) is 17.1 Å². The van der Waals surface area contributed by atoms with Crippen molar-refractivity contribution in [2.45, 2.75) is 13.1 Å². The maximum Gasteiger partial charge on any atom is 0.143 e. The van der Waals surface area contributed by atoms with Crippen molar-refractivity contribution in [3.63, 3.8) is 0 Å². The topological polar surface area (TPSA) is 46.3 Å². The molecule has 0 aromatic heterocycles. The van der Waals surface area contributed by atoms with E-state index in [9.17, 15) is 5.11 Å². The van der Waals surface area contributed by atoms with Gasteiger partial charge in [-0.1, -0.05) is 47.5 Å². The van der Waals surface area contributed by atoms with Gasteiger partial charge in [0.15, 0.2) is 0 Å². The molecule has 1 fully saturated rings. The summed E-state index contributed by atoms with van der Waals surface area (Å²) in [4.78, 5) is 6.00. The first-order chi connectivity index (χ1) is 12.1. The van der Waals surface area contributed by atoms with Gasteiger partial charge in [-0.2, -0.15) is 0 Å². The first kappa shape index (κ1) is 18.2. The zero-order valence-electron chi connectivity index (χ0n) is 13.8. The van der Waals surface area contributed by atoms with E-state index in [1.165, 1.54) is 22.1 Å². The lowest BCUT2D eigenvalue weighted by atomic mass is 10.1. The van der Waals surface area contributed by atoms with Gasteiger partial charge in [0.1, 0.15) is 25.4 Å².